The lowest BCUT2D eigenvalue weighted by molar-refractivity contribution is 0.0634. The van der Waals surface area contributed by atoms with Gasteiger partial charge in [-0.2, -0.15) is 0 Å². The predicted octanol–water partition coefficient (Wildman–Crippen LogP) is 3.20. The van der Waals surface area contributed by atoms with Gasteiger partial charge in [0, 0.05) is 17.1 Å². The van der Waals surface area contributed by atoms with E-state index in [2.05, 4.69) is 53.9 Å². The van der Waals surface area contributed by atoms with Gasteiger partial charge in [0.2, 0.25) is 0 Å². The number of nitrogens with two attached hydrogens (primary N) is 1. The van der Waals surface area contributed by atoms with Crippen molar-refractivity contribution < 1.29 is 4.74 Å². The molecule has 1 unspecified atom stereocenters. The monoisotopic (exact) mass is 328 g/mol. The first-order chi connectivity index (χ1) is 8.99. The molecule has 1 rings (SSSR count). The summed E-state index contributed by atoms with van der Waals surface area (Å²) in [6.45, 7) is 6.82. The zero-order valence-corrected chi connectivity index (χ0v) is 13.7. The van der Waals surface area contributed by atoms with Crippen molar-refractivity contribution in [3.63, 3.8) is 0 Å². The summed E-state index contributed by atoms with van der Waals surface area (Å²) in [6.07, 6.45) is 1.26. The summed E-state index contributed by atoms with van der Waals surface area (Å²) in [5, 5.41) is 0. The quantitative estimate of drug-likeness (QED) is 0.796. The van der Waals surface area contributed by atoms with E-state index in [0.29, 0.717) is 6.10 Å². The topological polar surface area (TPSA) is 38.5 Å². The van der Waals surface area contributed by atoms with Crippen LogP contribution in [0.3, 0.4) is 0 Å². The Hall–Kier alpha value is -0.420. The minimum absolute atomic E-state index is 0.0889. The number of halogens is 1. The largest absolute Gasteiger partial charge is 0.377 e. The molecule has 19 heavy (non-hydrogen) atoms. The van der Waals surface area contributed by atoms with Crippen LogP contribution in [-0.4, -0.2) is 37.7 Å². The average molecular weight is 329 g/mol. The van der Waals surface area contributed by atoms with Crippen molar-refractivity contribution >= 4 is 15.9 Å². The van der Waals surface area contributed by atoms with Crippen LogP contribution < -0.4 is 5.73 Å². The molecule has 0 aromatic heterocycles. The lowest BCUT2D eigenvalue weighted by Gasteiger charge is -2.20. The normalized spacial score (nSPS) is 13.2. The highest BCUT2D eigenvalue weighted by atomic mass is 79.9. The zero-order valence-electron chi connectivity index (χ0n) is 12.1. The van der Waals surface area contributed by atoms with E-state index in [0.717, 1.165) is 30.6 Å². The summed E-state index contributed by atoms with van der Waals surface area (Å²) in [6, 6.07) is 8.31. The van der Waals surface area contributed by atoms with E-state index in [4.69, 9.17) is 10.5 Å². The number of nitrogens with zero attached hydrogens (tertiary/aromatic N) is 1. The molecule has 0 radical (unpaired) electrons. The number of hydrogen-bond acceptors (Lipinski definition) is 3. The first-order valence-electron chi connectivity index (χ1n) is 6.80. The van der Waals surface area contributed by atoms with Gasteiger partial charge in [-0.3, -0.25) is 0 Å². The highest BCUT2D eigenvalue weighted by Gasteiger charge is 2.08. The SMILES string of the molecule is CC(C)OCCN(C)CCC(N)c1cccc(Br)c1. The molecule has 0 aliphatic carbocycles. The van der Waals surface area contributed by atoms with Crippen molar-refractivity contribution in [1.82, 2.24) is 4.90 Å². The van der Waals surface area contributed by atoms with Crippen LogP contribution in [0.5, 0.6) is 0 Å². The van der Waals surface area contributed by atoms with Crippen LogP contribution in [0.1, 0.15) is 31.9 Å². The Kier molecular flexibility index (Phi) is 7.61. The minimum atomic E-state index is 0.0889. The fraction of sp³-hybridized carbons (Fsp3) is 0.600. The van der Waals surface area contributed by atoms with Crippen molar-refractivity contribution in [2.24, 2.45) is 5.73 Å². The molecule has 0 spiro atoms. The van der Waals surface area contributed by atoms with Gasteiger partial charge in [-0.1, -0.05) is 28.1 Å². The van der Waals surface area contributed by atoms with Crippen LogP contribution in [0.25, 0.3) is 0 Å². The lowest BCUT2D eigenvalue weighted by Crippen LogP contribution is -2.27. The lowest BCUT2D eigenvalue weighted by atomic mass is 10.0. The minimum Gasteiger partial charge on any atom is -0.377 e. The van der Waals surface area contributed by atoms with Gasteiger partial charge in [0.15, 0.2) is 0 Å². The van der Waals surface area contributed by atoms with Crippen LogP contribution >= 0.6 is 15.9 Å². The predicted molar refractivity (Wildman–Crippen MR) is 84.3 cm³/mol. The van der Waals surface area contributed by atoms with Gasteiger partial charge in [0.1, 0.15) is 0 Å². The summed E-state index contributed by atoms with van der Waals surface area (Å²) >= 11 is 3.48. The molecular weight excluding hydrogens is 304 g/mol. The molecule has 4 heteroatoms. The molecule has 3 nitrogen and oxygen atoms in total. The first kappa shape index (κ1) is 16.6. The van der Waals surface area contributed by atoms with Crippen molar-refractivity contribution in [2.75, 3.05) is 26.7 Å². The van der Waals surface area contributed by atoms with Gasteiger partial charge in [-0.15, -0.1) is 0 Å². The fourth-order valence-corrected chi connectivity index (χ4v) is 2.24. The van der Waals surface area contributed by atoms with E-state index in [1.54, 1.807) is 0 Å². The fourth-order valence-electron chi connectivity index (χ4n) is 1.82. The Morgan fingerprint density at radius 1 is 1.32 bits per heavy atom. The van der Waals surface area contributed by atoms with E-state index in [9.17, 15) is 0 Å². The highest BCUT2D eigenvalue weighted by molar-refractivity contribution is 9.10. The van der Waals surface area contributed by atoms with Crippen LogP contribution in [0.2, 0.25) is 0 Å². The van der Waals surface area contributed by atoms with Gasteiger partial charge in [-0.05, 0) is 51.6 Å². The second-order valence-corrected chi connectivity index (χ2v) is 6.09. The third kappa shape index (κ3) is 7.06. The number of benzene rings is 1. The number of hydrogen-bond donors (Lipinski definition) is 1. The zero-order chi connectivity index (χ0) is 14.3. The van der Waals surface area contributed by atoms with E-state index in [1.807, 2.05) is 12.1 Å². The summed E-state index contributed by atoms with van der Waals surface area (Å²) in [5.41, 5.74) is 7.39. The molecule has 0 saturated heterocycles. The Morgan fingerprint density at radius 3 is 2.68 bits per heavy atom. The maximum atomic E-state index is 6.21. The molecule has 0 amide bonds. The van der Waals surface area contributed by atoms with E-state index in [1.165, 1.54) is 5.56 Å². The van der Waals surface area contributed by atoms with E-state index < -0.39 is 0 Å². The van der Waals surface area contributed by atoms with Gasteiger partial charge in [0.25, 0.3) is 0 Å². The van der Waals surface area contributed by atoms with Gasteiger partial charge < -0.3 is 15.4 Å². The van der Waals surface area contributed by atoms with Crippen LogP contribution in [0, 0.1) is 0 Å². The number of rotatable bonds is 8. The Labute approximate surface area is 125 Å². The van der Waals surface area contributed by atoms with Crippen molar-refractivity contribution in [3.8, 4) is 0 Å². The molecule has 0 bridgehead atoms. The van der Waals surface area contributed by atoms with Crippen molar-refractivity contribution in [3.05, 3.63) is 34.3 Å². The first-order valence-corrected chi connectivity index (χ1v) is 7.59. The Morgan fingerprint density at radius 2 is 2.05 bits per heavy atom. The molecule has 0 aliphatic heterocycles. The van der Waals surface area contributed by atoms with E-state index >= 15 is 0 Å². The molecule has 0 heterocycles. The van der Waals surface area contributed by atoms with Crippen LogP contribution in [-0.2, 0) is 4.74 Å². The number of ether oxygens (including phenoxy) is 1. The molecule has 108 valence electrons. The summed E-state index contributed by atoms with van der Waals surface area (Å²) in [4.78, 5) is 2.26. The summed E-state index contributed by atoms with van der Waals surface area (Å²) in [7, 11) is 2.11. The van der Waals surface area contributed by atoms with Gasteiger partial charge in [0.05, 0.1) is 12.7 Å². The Bertz CT molecular complexity index is 371. The van der Waals surface area contributed by atoms with Gasteiger partial charge in [-0.25, -0.2) is 0 Å². The highest BCUT2D eigenvalue weighted by Crippen LogP contribution is 2.18. The molecule has 2 N–H and O–H groups in total. The van der Waals surface area contributed by atoms with Gasteiger partial charge >= 0.3 is 0 Å². The molecule has 1 aromatic rings. The molecule has 0 fully saturated rings. The molecule has 0 aliphatic rings. The van der Waals surface area contributed by atoms with Crippen molar-refractivity contribution in [1.29, 1.82) is 0 Å². The second-order valence-electron chi connectivity index (χ2n) is 5.17. The smallest absolute Gasteiger partial charge is 0.0596 e. The van der Waals surface area contributed by atoms with Crippen LogP contribution in [0.15, 0.2) is 28.7 Å². The molecule has 0 saturated carbocycles. The molecular formula is C15H25BrN2O. The summed E-state index contributed by atoms with van der Waals surface area (Å²) in [5.74, 6) is 0. The third-order valence-electron chi connectivity index (χ3n) is 3.02. The Balaban J connectivity index is 2.27. The molecule has 1 aromatic carbocycles. The van der Waals surface area contributed by atoms with Crippen LogP contribution in [0.4, 0.5) is 0 Å². The van der Waals surface area contributed by atoms with E-state index in [-0.39, 0.29) is 6.04 Å². The molecule has 1 atom stereocenters. The third-order valence-corrected chi connectivity index (χ3v) is 3.52. The van der Waals surface area contributed by atoms with Crippen molar-refractivity contribution in [2.45, 2.75) is 32.4 Å². The summed E-state index contributed by atoms with van der Waals surface area (Å²) < 4.78 is 6.62. The number of likely N-dealkylation sites (N-methyl/N-ethyl adjacent to an activating group) is 1. The second kappa shape index (κ2) is 8.69. The average Bonchev–Trinajstić information content (AvgIpc) is 2.35. The standard InChI is InChI=1S/C15H25BrN2O/c1-12(2)19-10-9-18(3)8-7-15(17)13-5-4-6-14(16)11-13/h4-6,11-12,15H,7-10,17H2,1-3H3. The maximum absolute atomic E-state index is 6.21. The maximum Gasteiger partial charge on any atom is 0.0596 e.